The van der Waals surface area contributed by atoms with Crippen molar-refractivity contribution in [2.45, 2.75) is 19.6 Å². The average Bonchev–Trinajstić information content (AvgIpc) is 2.82. The Bertz CT molecular complexity index is 642. The topological polar surface area (TPSA) is 38.5 Å². The van der Waals surface area contributed by atoms with Gasteiger partial charge in [0.15, 0.2) is 0 Å². The summed E-state index contributed by atoms with van der Waals surface area (Å²) in [6.07, 6.45) is 0. The molecule has 0 unspecified atom stereocenters. The summed E-state index contributed by atoms with van der Waals surface area (Å²) >= 11 is 6.30. The van der Waals surface area contributed by atoms with Crippen LogP contribution in [0, 0.1) is 0 Å². The first-order valence-electron chi connectivity index (χ1n) is 6.58. The highest BCUT2D eigenvalue weighted by Gasteiger charge is 2.21. The number of nitrogen functional groups attached to an aromatic ring is 1. The lowest BCUT2D eigenvalue weighted by Gasteiger charge is -2.18. The van der Waals surface area contributed by atoms with E-state index in [4.69, 9.17) is 22.1 Å². The number of hydrogen-bond acceptors (Lipinski definition) is 3. The van der Waals surface area contributed by atoms with Crippen LogP contribution in [0.25, 0.3) is 0 Å². The number of nitrogens with zero attached hydrogens (tertiary/aromatic N) is 1. The number of hydrogen-bond donors (Lipinski definition) is 1. The Labute approximate surface area is 123 Å². The third kappa shape index (κ3) is 2.47. The summed E-state index contributed by atoms with van der Waals surface area (Å²) < 4.78 is 5.40. The van der Waals surface area contributed by atoms with Crippen LogP contribution >= 0.6 is 11.6 Å². The fraction of sp³-hybridized carbons (Fsp3) is 0.250. The monoisotopic (exact) mass is 288 g/mol. The second-order valence-electron chi connectivity index (χ2n) is 5.09. The molecule has 0 fully saturated rings. The summed E-state index contributed by atoms with van der Waals surface area (Å²) in [6.45, 7) is 2.59. The van der Waals surface area contributed by atoms with Crippen LogP contribution in [-0.2, 0) is 19.6 Å². The molecule has 0 radical (unpaired) electrons. The molecule has 2 N–H and O–H groups in total. The van der Waals surface area contributed by atoms with E-state index < -0.39 is 0 Å². The summed E-state index contributed by atoms with van der Waals surface area (Å²) in [5, 5.41) is 0.750. The summed E-state index contributed by atoms with van der Waals surface area (Å²) in [7, 11) is 1.68. The van der Waals surface area contributed by atoms with Crippen molar-refractivity contribution in [1.82, 2.24) is 4.90 Å². The summed E-state index contributed by atoms with van der Waals surface area (Å²) in [5.74, 6) is 0.841. The van der Waals surface area contributed by atoms with Crippen molar-refractivity contribution in [3.05, 3.63) is 58.1 Å². The lowest BCUT2D eigenvalue weighted by Crippen LogP contribution is -2.16. The molecule has 104 valence electrons. The molecule has 0 atom stereocenters. The molecule has 4 heteroatoms. The van der Waals surface area contributed by atoms with Crippen LogP contribution in [0.4, 0.5) is 5.69 Å². The molecule has 2 aromatic rings. The number of ether oxygens (including phenoxy) is 1. The molecule has 0 saturated carbocycles. The van der Waals surface area contributed by atoms with Crippen LogP contribution in [-0.4, -0.2) is 12.0 Å². The van der Waals surface area contributed by atoms with Gasteiger partial charge in [0.25, 0.3) is 0 Å². The molecule has 0 amide bonds. The maximum Gasteiger partial charge on any atom is 0.124 e. The van der Waals surface area contributed by atoms with Crippen LogP contribution < -0.4 is 10.5 Å². The van der Waals surface area contributed by atoms with Crippen molar-refractivity contribution in [2.75, 3.05) is 12.8 Å². The minimum absolute atomic E-state index is 0.750. The fourth-order valence-corrected chi connectivity index (χ4v) is 2.93. The number of anilines is 1. The summed E-state index contributed by atoms with van der Waals surface area (Å²) in [4.78, 5) is 2.34. The molecule has 0 saturated heterocycles. The van der Waals surface area contributed by atoms with E-state index in [1.54, 1.807) is 7.11 Å². The van der Waals surface area contributed by atoms with E-state index in [0.29, 0.717) is 0 Å². The SMILES string of the molecule is COc1cccc(Cl)c1CN1Cc2ccc(N)cc2C1. The number of methoxy groups -OCH3 is 1. The molecule has 1 aliphatic heterocycles. The first-order chi connectivity index (χ1) is 9.67. The lowest BCUT2D eigenvalue weighted by molar-refractivity contribution is 0.270. The van der Waals surface area contributed by atoms with Gasteiger partial charge in [0.1, 0.15) is 5.75 Å². The van der Waals surface area contributed by atoms with Crippen molar-refractivity contribution in [2.24, 2.45) is 0 Å². The maximum atomic E-state index is 6.30. The fourth-order valence-electron chi connectivity index (χ4n) is 2.70. The van der Waals surface area contributed by atoms with E-state index in [1.165, 1.54) is 11.1 Å². The maximum absolute atomic E-state index is 6.30. The number of fused-ring (bicyclic) bond motifs is 1. The van der Waals surface area contributed by atoms with Gasteiger partial charge in [-0.1, -0.05) is 23.7 Å². The normalized spacial score (nSPS) is 14.3. The van der Waals surface area contributed by atoms with Gasteiger partial charge in [0.05, 0.1) is 7.11 Å². The van der Waals surface area contributed by atoms with Gasteiger partial charge in [0, 0.05) is 35.9 Å². The highest BCUT2D eigenvalue weighted by atomic mass is 35.5. The first kappa shape index (κ1) is 13.3. The van der Waals surface area contributed by atoms with Crippen molar-refractivity contribution in [3.8, 4) is 5.75 Å². The average molecular weight is 289 g/mol. The molecule has 3 rings (SSSR count). The Morgan fingerprint density at radius 2 is 2.00 bits per heavy atom. The molecule has 2 aromatic carbocycles. The largest absolute Gasteiger partial charge is 0.496 e. The van der Waals surface area contributed by atoms with Gasteiger partial charge in [0.2, 0.25) is 0 Å². The lowest BCUT2D eigenvalue weighted by atomic mass is 10.1. The zero-order valence-electron chi connectivity index (χ0n) is 11.4. The standard InChI is InChI=1S/C16H17ClN2O/c1-20-16-4-2-3-15(17)14(16)10-19-8-11-5-6-13(18)7-12(11)9-19/h2-7H,8-10,18H2,1H3. The Hall–Kier alpha value is -1.71. The zero-order chi connectivity index (χ0) is 14.1. The van der Waals surface area contributed by atoms with Crippen molar-refractivity contribution in [1.29, 1.82) is 0 Å². The van der Waals surface area contributed by atoms with E-state index >= 15 is 0 Å². The summed E-state index contributed by atoms with van der Waals surface area (Å²) in [5.41, 5.74) is 10.3. The van der Waals surface area contributed by atoms with Gasteiger partial charge in [-0.05, 0) is 35.4 Å². The van der Waals surface area contributed by atoms with Crippen LogP contribution in [0.1, 0.15) is 16.7 Å². The van der Waals surface area contributed by atoms with Crippen molar-refractivity contribution >= 4 is 17.3 Å². The van der Waals surface area contributed by atoms with Crippen molar-refractivity contribution < 1.29 is 4.74 Å². The smallest absolute Gasteiger partial charge is 0.124 e. The van der Waals surface area contributed by atoms with Gasteiger partial charge < -0.3 is 10.5 Å². The first-order valence-corrected chi connectivity index (χ1v) is 6.96. The zero-order valence-corrected chi connectivity index (χ0v) is 12.2. The Kier molecular flexibility index (Phi) is 3.55. The molecule has 0 aromatic heterocycles. The van der Waals surface area contributed by atoms with Crippen LogP contribution in [0.5, 0.6) is 5.75 Å². The van der Waals surface area contributed by atoms with Crippen molar-refractivity contribution in [3.63, 3.8) is 0 Å². The molecule has 3 nitrogen and oxygen atoms in total. The van der Waals surface area contributed by atoms with Gasteiger partial charge in [-0.25, -0.2) is 0 Å². The van der Waals surface area contributed by atoms with Gasteiger partial charge in [-0.15, -0.1) is 0 Å². The van der Waals surface area contributed by atoms with E-state index in [0.717, 1.165) is 41.7 Å². The van der Waals surface area contributed by atoms with E-state index in [2.05, 4.69) is 17.0 Å². The molecule has 0 bridgehead atoms. The third-order valence-corrected chi connectivity index (χ3v) is 4.05. The van der Waals surface area contributed by atoms with E-state index in [1.807, 2.05) is 24.3 Å². The molecule has 20 heavy (non-hydrogen) atoms. The molecular formula is C16H17ClN2O. The van der Waals surface area contributed by atoms with E-state index in [9.17, 15) is 0 Å². The second-order valence-corrected chi connectivity index (χ2v) is 5.50. The predicted molar refractivity (Wildman–Crippen MR) is 81.8 cm³/mol. The number of rotatable bonds is 3. The van der Waals surface area contributed by atoms with Gasteiger partial charge >= 0.3 is 0 Å². The predicted octanol–water partition coefficient (Wildman–Crippen LogP) is 3.45. The Morgan fingerprint density at radius 3 is 2.80 bits per heavy atom. The number of nitrogens with two attached hydrogens (primary N) is 1. The molecule has 1 aliphatic rings. The Morgan fingerprint density at radius 1 is 1.20 bits per heavy atom. The van der Waals surface area contributed by atoms with Crippen LogP contribution in [0.2, 0.25) is 5.02 Å². The minimum Gasteiger partial charge on any atom is -0.496 e. The molecule has 0 spiro atoms. The third-order valence-electron chi connectivity index (χ3n) is 3.70. The van der Waals surface area contributed by atoms with Gasteiger partial charge in [-0.3, -0.25) is 4.90 Å². The molecule has 1 heterocycles. The minimum atomic E-state index is 0.750. The summed E-state index contributed by atoms with van der Waals surface area (Å²) in [6, 6.07) is 11.9. The molecular weight excluding hydrogens is 272 g/mol. The van der Waals surface area contributed by atoms with Gasteiger partial charge in [-0.2, -0.15) is 0 Å². The quantitative estimate of drug-likeness (QED) is 0.879. The molecule has 0 aliphatic carbocycles. The number of halogens is 1. The Balaban J connectivity index is 1.81. The highest BCUT2D eigenvalue weighted by molar-refractivity contribution is 6.31. The van der Waals surface area contributed by atoms with Crippen LogP contribution in [0.15, 0.2) is 36.4 Å². The second kappa shape index (κ2) is 5.35. The van der Waals surface area contributed by atoms with E-state index in [-0.39, 0.29) is 0 Å². The number of benzene rings is 2. The highest BCUT2D eigenvalue weighted by Crippen LogP contribution is 2.31. The van der Waals surface area contributed by atoms with Crippen LogP contribution in [0.3, 0.4) is 0 Å².